The summed E-state index contributed by atoms with van der Waals surface area (Å²) in [4.78, 5) is 0. The Bertz CT molecular complexity index is 569. The molecule has 0 N–H and O–H groups in total. The van der Waals surface area contributed by atoms with Crippen LogP contribution in [0.2, 0.25) is 0 Å². The van der Waals surface area contributed by atoms with Crippen molar-refractivity contribution in [2.45, 2.75) is 136 Å². The van der Waals surface area contributed by atoms with Crippen molar-refractivity contribution in [1.82, 2.24) is 0 Å². The van der Waals surface area contributed by atoms with Gasteiger partial charge >= 0.3 is 0 Å². The summed E-state index contributed by atoms with van der Waals surface area (Å²) in [5.41, 5.74) is 3.18. The molecule has 1 unspecified atom stereocenters. The van der Waals surface area contributed by atoms with Crippen LogP contribution in [0.4, 0.5) is 0 Å². The second-order valence-corrected chi connectivity index (χ2v) is 11.4. The number of hydrogen-bond acceptors (Lipinski definition) is 0. The van der Waals surface area contributed by atoms with Crippen LogP contribution in [0.3, 0.4) is 0 Å². The molecule has 0 heterocycles. The third-order valence-electron chi connectivity index (χ3n) is 8.86. The monoisotopic (exact) mass is 424 g/mol. The van der Waals surface area contributed by atoms with Crippen molar-refractivity contribution >= 4 is 0 Å². The summed E-state index contributed by atoms with van der Waals surface area (Å²) in [6, 6.07) is 9.85. The van der Waals surface area contributed by atoms with Gasteiger partial charge < -0.3 is 0 Å². The van der Waals surface area contributed by atoms with Crippen molar-refractivity contribution in [1.29, 1.82) is 0 Å². The Balaban J connectivity index is 1.36. The molecule has 0 spiro atoms. The first-order chi connectivity index (χ1) is 15.2. The molecule has 0 heteroatoms. The number of hydrogen-bond donors (Lipinski definition) is 0. The van der Waals surface area contributed by atoms with Gasteiger partial charge in [-0.2, -0.15) is 0 Å². The highest BCUT2D eigenvalue weighted by atomic mass is 14.4. The summed E-state index contributed by atoms with van der Waals surface area (Å²) in [6.07, 6.45) is 24.5. The van der Waals surface area contributed by atoms with E-state index in [2.05, 4.69) is 45.0 Å². The second-order valence-electron chi connectivity index (χ2n) is 11.4. The lowest BCUT2D eigenvalue weighted by molar-refractivity contribution is 0.156. The Labute approximate surface area is 195 Å². The van der Waals surface area contributed by atoms with Gasteiger partial charge in [0, 0.05) is 0 Å². The quantitative estimate of drug-likeness (QED) is 0.293. The zero-order chi connectivity index (χ0) is 21.9. The maximum absolute atomic E-state index is 2.48. The summed E-state index contributed by atoms with van der Waals surface area (Å²) < 4.78 is 0. The van der Waals surface area contributed by atoms with Crippen molar-refractivity contribution in [3.05, 3.63) is 35.4 Å². The lowest BCUT2D eigenvalue weighted by atomic mass is 9.68. The zero-order valence-corrected chi connectivity index (χ0v) is 21.2. The van der Waals surface area contributed by atoms with E-state index in [0.717, 1.165) is 29.6 Å². The third-order valence-corrected chi connectivity index (χ3v) is 8.86. The molecule has 2 saturated carbocycles. The zero-order valence-electron chi connectivity index (χ0n) is 21.2. The molecule has 1 aromatic carbocycles. The lowest BCUT2D eigenvalue weighted by Crippen LogP contribution is -2.25. The van der Waals surface area contributed by atoms with E-state index in [1.165, 1.54) is 109 Å². The van der Waals surface area contributed by atoms with Gasteiger partial charge in [-0.25, -0.2) is 0 Å². The fourth-order valence-electron chi connectivity index (χ4n) is 6.81. The van der Waals surface area contributed by atoms with E-state index in [0.29, 0.717) is 0 Å². The second kappa shape index (κ2) is 13.7. The van der Waals surface area contributed by atoms with Crippen LogP contribution in [0.25, 0.3) is 0 Å². The average Bonchev–Trinajstić information content (AvgIpc) is 2.80. The Kier molecular flexibility index (Phi) is 11.0. The minimum absolute atomic E-state index is 0.829. The first-order valence-corrected chi connectivity index (χ1v) is 14.3. The fourth-order valence-corrected chi connectivity index (χ4v) is 6.81. The normalized spacial score (nSPS) is 27.8. The van der Waals surface area contributed by atoms with Gasteiger partial charge in [0.15, 0.2) is 0 Å². The lowest BCUT2D eigenvalue weighted by Gasteiger charge is -2.38. The van der Waals surface area contributed by atoms with Crippen LogP contribution < -0.4 is 0 Å². The molecular weight excluding hydrogens is 372 g/mol. The molecule has 0 saturated heterocycles. The Morgan fingerprint density at radius 1 is 0.710 bits per heavy atom. The molecule has 0 aliphatic heterocycles. The number of unbranched alkanes of at least 4 members (excludes halogenated alkanes) is 4. The first-order valence-electron chi connectivity index (χ1n) is 14.3. The molecule has 2 aliphatic rings. The molecule has 1 aromatic rings. The minimum Gasteiger partial charge on any atom is -0.0654 e. The molecule has 3 rings (SSSR count). The van der Waals surface area contributed by atoms with Crippen molar-refractivity contribution in [3.8, 4) is 0 Å². The van der Waals surface area contributed by atoms with Gasteiger partial charge in [-0.1, -0.05) is 109 Å². The molecule has 176 valence electrons. The molecule has 31 heavy (non-hydrogen) atoms. The molecule has 2 fully saturated rings. The predicted molar refractivity (Wildman–Crippen MR) is 138 cm³/mol. The van der Waals surface area contributed by atoms with Crippen molar-refractivity contribution in [2.24, 2.45) is 23.7 Å². The van der Waals surface area contributed by atoms with Gasteiger partial charge in [0.25, 0.3) is 0 Å². The van der Waals surface area contributed by atoms with Gasteiger partial charge in [0.2, 0.25) is 0 Å². The van der Waals surface area contributed by atoms with Gasteiger partial charge in [-0.3, -0.25) is 0 Å². The number of benzene rings is 1. The van der Waals surface area contributed by atoms with E-state index in [4.69, 9.17) is 0 Å². The highest BCUT2D eigenvalue weighted by Gasteiger charge is 2.31. The molecule has 0 bridgehead atoms. The maximum Gasteiger partial charge on any atom is -0.0162 e. The van der Waals surface area contributed by atoms with E-state index in [9.17, 15) is 0 Å². The Morgan fingerprint density at radius 3 is 1.94 bits per heavy atom. The molecular formula is C31H52. The minimum atomic E-state index is 0.829. The van der Waals surface area contributed by atoms with Crippen molar-refractivity contribution in [2.75, 3.05) is 0 Å². The smallest absolute Gasteiger partial charge is 0.0162 e. The summed E-state index contributed by atoms with van der Waals surface area (Å²) in [7, 11) is 0. The average molecular weight is 425 g/mol. The number of rotatable bonds is 12. The Hall–Kier alpha value is -0.780. The van der Waals surface area contributed by atoms with E-state index in [1.54, 1.807) is 11.1 Å². The first kappa shape index (κ1) is 24.9. The topological polar surface area (TPSA) is 0 Å². The molecule has 1 atom stereocenters. The molecule has 0 amide bonds. The van der Waals surface area contributed by atoms with E-state index >= 15 is 0 Å². The van der Waals surface area contributed by atoms with Gasteiger partial charge in [-0.15, -0.1) is 0 Å². The van der Waals surface area contributed by atoms with Crippen LogP contribution in [-0.4, -0.2) is 0 Å². The molecule has 0 radical (unpaired) electrons. The van der Waals surface area contributed by atoms with Gasteiger partial charge in [0.05, 0.1) is 0 Å². The van der Waals surface area contributed by atoms with Crippen LogP contribution in [0.15, 0.2) is 24.3 Å². The van der Waals surface area contributed by atoms with Crippen LogP contribution in [0, 0.1) is 23.7 Å². The fraction of sp³-hybridized carbons (Fsp3) is 0.806. The highest BCUT2D eigenvalue weighted by Crippen LogP contribution is 2.44. The highest BCUT2D eigenvalue weighted by molar-refractivity contribution is 5.26. The van der Waals surface area contributed by atoms with Crippen molar-refractivity contribution in [3.63, 3.8) is 0 Å². The molecule has 2 aliphatic carbocycles. The predicted octanol–water partition coefficient (Wildman–Crippen LogP) is 10.1. The summed E-state index contributed by atoms with van der Waals surface area (Å²) in [5.74, 6) is 4.81. The van der Waals surface area contributed by atoms with E-state index in [1.807, 2.05) is 0 Å². The summed E-state index contributed by atoms with van der Waals surface area (Å²) in [6.45, 7) is 7.11. The van der Waals surface area contributed by atoms with Crippen LogP contribution in [0.1, 0.15) is 141 Å². The van der Waals surface area contributed by atoms with Gasteiger partial charge in [-0.05, 0) is 85.7 Å². The third kappa shape index (κ3) is 8.25. The maximum atomic E-state index is 2.48. The van der Waals surface area contributed by atoms with E-state index < -0.39 is 0 Å². The standard InChI is InChI=1S/C31H52/c1-4-6-7-8-9-11-25(3)24-27-14-18-29(19-15-27)31-22-20-30(21-23-31)28-16-12-26(10-5-2)13-17-28/h14-15,18-19,25-26,28,30-31H,4-13,16-17,20-24H2,1-3H3. The largest absolute Gasteiger partial charge is 0.0654 e. The SMILES string of the molecule is CCCCCCCC(C)Cc1ccc(C2CCC(C3CCC(CCC)CC3)CC2)cc1. The summed E-state index contributed by atoms with van der Waals surface area (Å²) >= 11 is 0. The van der Waals surface area contributed by atoms with Crippen LogP contribution in [-0.2, 0) is 6.42 Å². The van der Waals surface area contributed by atoms with Crippen molar-refractivity contribution < 1.29 is 0 Å². The summed E-state index contributed by atoms with van der Waals surface area (Å²) in [5, 5.41) is 0. The molecule has 0 aromatic heterocycles. The van der Waals surface area contributed by atoms with Crippen LogP contribution in [0.5, 0.6) is 0 Å². The Morgan fingerprint density at radius 2 is 1.32 bits per heavy atom. The van der Waals surface area contributed by atoms with E-state index in [-0.39, 0.29) is 0 Å². The van der Waals surface area contributed by atoms with Gasteiger partial charge in [0.1, 0.15) is 0 Å². The van der Waals surface area contributed by atoms with Crippen LogP contribution >= 0.6 is 0 Å². The molecule has 0 nitrogen and oxygen atoms in total.